The number of amides is 1. The number of carbonyl (C=O) groups is 1. The SMILES string of the molecule is C[C@H](c1nc(Nc2ccc(-c3cnc4cc(F)ccn34)c3c2C(=O)NC3)ccc1C1CCOCC1)N(C)C. The second-order valence-electron chi connectivity index (χ2n) is 10.2. The van der Waals surface area contributed by atoms with Gasteiger partial charge in [0.15, 0.2) is 0 Å². The normalized spacial score (nSPS) is 16.6. The second-order valence-corrected chi connectivity index (χ2v) is 10.2. The van der Waals surface area contributed by atoms with Crippen molar-refractivity contribution in [3.63, 3.8) is 0 Å². The Morgan fingerprint density at radius 3 is 2.79 bits per heavy atom. The van der Waals surface area contributed by atoms with Gasteiger partial charge in [0.25, 0.3) is 5.91 Å². The van der Waals surface area contributed by atoms with Gasteiger partial charge < -0.3 is 20.3 Å². The molecule has 9 heteroatoms. The molecule has 0 bridgehead atoms. The van der Waals surface area contributed by atoms with E-state index < -0.39 is 0 Å². The van der Waals surface area contributed by atoms with Crippen molar-refractivity contribution in [2.75, 3.05) is 32.6 Å². The van der Waals surface area contributed by atoms with Crippen molar-refractivity contribution in [2.45, 2.75) is 38.3 Å². The summed E-state index contributed by atoms with van der Waals surface area (Å²) in [6, 6.07) is 11.0. The summed E-state index contributed by atoms with van der Waals surface area (Å²) in [4.78, 5) is 24.6. The summed E-state index contributed by atoms with van der Waals surface area (Å²) in [5, 5.41) is 6.39. The molecule has 2 aliphatic heterocycles. The number of hydrogen-bond donors (Lipinski definition) is 2. The molecule has 4 aromatic rings. The predicted molar refractivity (Wildman–Crippen MR) is 144 cm³/mol. The molecule has 8 nitrogen and oxygen atoms in total. The quantitative estimate of drug-likeness (QED) is 0.375. The molecule has 0 spiro atoms. The number of aromatic nitrogens is 3. The first-order chi connectivity index (χ1) is 18.4. The van der Waals surface area contributed by atoms with E-state index in [-0.39, 0.29) is 17.8 Å². The van der Waals surface area contributed by atoms with E-state index in [0.717, 1.165) is 48.6 Å². The molecular formula is C29H31FN6O2. The zero-order valence-corrected chi connectivity index (χ0v) is 21.8. The number of anilines is 2. The van der Waals surface area contributed by atoms with Gasteiger partial charge in [0.05, 0.1) is 28.8 Å². The van der Waals surface area contributed by atoms with E-state index >= 15 is 0 Å². The summed E-state index contributed by atoms with van der Waals surface area (Å²) in [5.41, 5.74) is 6.69. The van der Waals surface area contributed by atoms with Crippen LogP contribution in [0.5, 0.6) is 0 Å². The third-order valence-electron chi connectivity index (χ3n) is 7.77. The lowest BCUT2D eigenvalue weighted by Gasteiger charge is -2.28. The Labute approximate surface area is 220 Å². The fourth-order valence-corrected chi connectivity index (χ4v) is 5.47. The number of nitrogens with one attached hydrogen (secondary N) is 2. The van der Waals surface area contributed by atoms with Crippen molar-refractivity contribution < 1.29 is 13.9 Å². The third-order valence-corrected chi connectivity index (χ3v) is 7.77. The zero-order chi connectivity index (χ0) is 26.4. The highest BCUT2D eigenvalue weighted by Crippen LogP contribution is 2.37. The van der Waals surface area contributed by atoms with Crippen molar-refractivity contribution in [1.82, 2.24) is 24.6 Å². The molecule has 3 aromatic heterocycles. The minimum Gasteiger partial charge on any atom is -0.381 e. The van der Waals surface area contributed by atoms with E-state index in [9.17, 15) is 9.18 Å². The molecule has 0 unspecified atom stereocenters. The Kier molecular flexibility index (Phi) is 6.33. The second kappa shape index (κ2) is 9.81. The van der Waals surface area contributed by atoms with Gasteiger partial charge in [-0.1, -0.05) is 12.1 Å². The van der Waals surface area contributed by atoms with Crippen LogP contribution in [0, 0.1) is 5.82 Å². The smallest absolute Gasteiger partial charge is 0.254 e. The lowest BCUT2D eigenvalue weighted by molar-refractivity contribution is 0.0848. The molecule has 1 amide bonds. The van der Waals surface area contributed by atoms with Gasteiger partial charge in [0.2, 0.25) is 0 Å². The molecule has 1 aromatic carbocycles. The van der Waals surface area contributed by atoms with Crippen LogP contribution in [0.4, 0.5) is 15.9 Å². The Morgan fingerprint density at radius 1 is 1.18 bits per heavy atom. The zero-order valence-electron chi connectivity index (χ0n) is 21.8. The summed E-state index contributed by atoms with van der Waals surface area (Å²) in [6.45, 7) is 4.12. The van der Waals surface area contributed by atoms with E-state index in [2.05, 4.69) is 47.6 Å². The van der Waals surface area contributed by atoms with E-state index in [1.807, 2.05) is 22.6 Å². The average Bonchev–Trinajstić information content (AvgIpc) is 3.52. The minimum absolute atomic E-state index is 0.131. The van der Waals surface area contributed by atoms with E-state index in [4.69, 9.17) is 9.72 Å². The Hall–Kier alpha value is -3.82. The number of pyridine rings is 2. The van der Waals surface area contributed by atoms with Crippen LogP contribution in [-0.2, 0) is 11.3 Å². The molecule has 0 saturated carbocycles. The number of carbonyl (C=O) groups excluding carboxylic acids is 1. The van der Waals surface area contributed by atoms with Gasteiger partial charge in [-0.2, -0.15) is 0 Å². The highest BCUT2D eigenvalue weighted by molar-refractivity contribution is 6.06. The number of fused-ring (bicyclic) bond motifs is 2. The van der Waals surface area contributed by atoms with Crippen LogP contribution in [0.15, 0.2) is 48.8 Å². The Morgan fingerprint density at radius 2 is 2.00 bits per heavy atom. The van der Waals surface area contributed by atoms with Gasteiger partial charge >= 0.3 is 0 Å². The van der Waals surface area contributed by atoms with Gasteiger partial charge in [-0.05, 0) is 69.1 Å². The maximum absolute atomic E-state index is 13.7. The third kappa shape index (κ3) is 4.31. The van der Waals surface area contributed by atoms with Gasteiger partial charge in [-0.3, -0.25) is 9.20 Å². The van der Waals surface area contributed by atoms with Crippen molar-refractivity contribution >= 4 is 23.1 Å². The number of nitrogens with zero attached hydrogens (tertiary/aromatic N) is 4. The molecule has 6 rings (SSSR count). The Balaban J connectivity index is 1.38. The Bertz CT molecular complexity index is 1530. The van der Waals surface area contributed by atoms with Crippen molar-refractivity contribution in [3.05, 3.63) is 77.0 Å². The topological polar surface area (TPSA) is 83.8 Å². The molecule has 0 radical (unpaired) electrons. The largest absolute Gasteiger partial charge is 0.381 e. The number of hydrogen-bond acceptors (Lipinski definition) is 6. The maximum atomic E-state index is 13.7. The average molecular weight is 515 g/mol. The fraction of sp³-hybridized carbons (Fsp3) is 0.345. The first kappa shape index (κ1) is 24.5. The molecule has 2 aliphatic rings. The molecule has 1 saturated heterocycles. The fourth-order valence-electron chi connectivity index (χ4n) is 5.47. The van der Waals surface area contributed by atoms with E-state index in [1.165, 1.54) is 17.7 Å². The molecule has 0 aliphatic carbocycles. The van der Waals surface area contributed by atoms with Gasteiger partial charge in [-0.25, -0.2) is 14.4 Å². The van der Waals surface area contributed by atoms with Crippen molar-refractivity contribution in [3.8, 4) is 11.3 Å². The lowest BCUT2D eigenvalue weighted by atomic mass is 9.88. The van der Waals surface area contributed by atoms with Gasteiger partial charge in [0.1, 0.15) is 17.3 Å². The number of benzene rings is 1. The summed E-state index contributed by atoms with van der Waals surface area (Å²) in [6.07, 6.45) is 5.36. The van der Waals surface area contributed by atoms with Crippen LogP contribution in [-0.4, -0.2) is 52.5 Å². The highest BCUT2D eigenvalue weighted by Gasteiger charge is 2.28. The molecule has 5 heterocycles. The minimum atomic E-state index is -0.338. The van der Waals surface area contributed by atoms with Crippen LogP contribution in [0.1, 0.15) is 58.9 Å². The molecule has 2 N–H and O–H groups in total. The van der Waals surface area contributed by atoms with E-state index in [0.29, 0.717) is 35.2 Å². The summed E-state index contributed by atoms with van der Waals surface area (Å²) >= 11 is 0. The molecule has 1 atom stereocenters. The number of rotatable bonds is 6. The van der Waals surface area contributed by atoms with Crippen molar-refractivity contribution in [2.24, 2.45) is 0 Å². The molecule has 38 heavy (non-hydrogen) atoms. The van der Waals surface area contributed by atoms with Crippen LogP contribution in [0.2, 0.25) is 0 Å². The predicted octanol–water partition coefficient (Wildman–Crippen LogP) is 5.04. The van der Waals surface area contributed by atoms with Crippen LogP contribution < -0.4 is 10.6 Å². The molecular weight excluding hydrogens is 483 g/mol. The number of imidazole rings is 1. The van der Waals surface area contributed by atoms with Crippen LogP contribution in [0.25, 0.3) is 16.9 Å². The molecule has 1 fully saturated rings. The van der Waals surface area contributed by atoms with Gasteiger partial charge in [0, 0.05) is 43.6 Å². The number of ether oxygens (including phenoxy) is 1. The standard InChI is InChI=1S/C29H31FN6O2/c1-17(35(2)3)28-20(18-9-12-38-13-10-18)5-7-25(34-28)33-23-6-4-21(22-15-32-29(37)27(22)23)24-16-31-26-14-19(30)8-11-36(24)26/h4-8,11,14,16-18H,9-10,12-13,15H2,1-3H3,(H,32,37)(H,33,34)/t17-/m1/s1. The highest BCUT2D eigenvalue weighted by atomic mass is 19.1. The summed E-state index contributed by atoms with van der Waals surface area (Å²) < 4.78 is 21.1. The van der Waals surface area contributed by atoms with Crippen LogP contribution >= 0.6 is 0 Å². The summed E-state index contributed by atoms with van der Waals surface area (Å²) in [5.74, 6) is 0.653. The van der Waals surface area contributed by atoms with E-state index in [1.54, 1.807) is 12.4 Å². The number of halogens is 1. The first-order valence-electron chi connectivity index (χ1n) is 13.0. The summed E-state index contributed by atoms with van der Waals surface area (Å²) in [7, 11) is 4.12. The monoisotopic (exact) mass is 514 g/mol. The maximum Gasteiger partial charge on any atom is 0.254 e. The van der Waals surface area contributed by atoms with Gasteiger partial charge in [-0.15, -0.1) is 0 Å². The van der Waals surface area contributed by atoms with Crippen LogP contribution in [0.3, 0.4) is 0 Å². The lowest BCUT2D eigenvalue weighted by Crippen LogP contribution is -2.23. The first-order valence-corrected chi connectivity index (χ1v) is 13.0. The van der Waals surface area contributed by atoms with Crippen molar-refractivity contribution in [1.29, 1.82) is 0 Å². The molecule has 196 valence electrons.